The van der Waals surface area contributed by atoms with Crippen molar-refractivity contribution in [3.63, 3.8) is 0 Å². The lowest BCUT2D eigenvalue weighted by Crippen LogP contribution is -1.94. The normalized spacial score (nSPS) is 11.5. The quantitative estimate of drug-likeness (QED) is 0.650. The van der Waals surface area contributed by atoms with Gasteiger partial charge in [-0.1, -0.05) is 52.0 Å². The highest BCUT2D eigenvalue weighted by molar-refractivity contribution is 5.66. The molecule has 1 aromatic carbocycles. The third kappa shape index (κ3) is 3.89. The van der Waals surface area contributed by atoms with Gasteiger partial charge >= 0.3 is 0 Å². The van der Waals surface area contributed by atoms with E-state index < -0.39 is 5.95 Å². The van der Waals surface area contributed by atoms with Crippen LogP contribution in [0.15, 0.2) is 36.4 Å². The molecule has 1 aromatic heterocycles. The molecule has 2 heteroatoms. The van der Waals surface area contributed by atoms with Crippen LogP contribution in [-0.4, -0.2) is 4.98 Å². The van der Waals surface area contributed by atoms with Crippen molar-refractivity contribution in [2.45, 2.75) is 47.0 Å². The standard InChI is InChI=1S/C16H18FN.C2H6/c1-4-11(2)13-6-5-7-14(10-13)15-8-9-16(17)18-12(15)3;1-2/h5-11H,4H2,1-3H3;1-2H3. The van der Waals surface area contributed by atoms with E-state index in [1.807, 2.05) is 26.8 Å². The topological polar surface area (TPSA) is 12.9 Å². The SMILES string of the molecule is CC.CCC(C)c1cccc(-c2ccc(F)nc2C)c1. The summed E-state index contributed by atoms with van der Waals surface area (Å²) in [6, 6.07) is 11.6. The molecule has 0 aliphatic heterocycles. The summed E-state index contributed by atoms with van der Waals surface area (Å²) in [4.78, 5) is 3.88. The number of benzene rings is 1. The smallest absolute Gasteiger partial charge is 0.213 e. The van der Waals surface area contributed by atoms with Crippen molar-refractivity contribution in [2.24, 2.45) is 0 Å². The summed E-state index contributed by atoms with van der Waals surface area (Å²) in [6.45, 7) is 10.2. The van der Waals surface area contributed by atoms with E-state index in [1.54, 1.807) is 6.07 Å². The Balaban J connectivity index is 0.000000956. The molecule has 0 spiro atoms. The first kappa shape index (κ1) is 16.4. The summed E-state index contributed by atoms with van der Waals surface area (Å²) in [6.07, 6.45) is 1.12. The largest absolute Gasteiger partial charge is 0.224 e. The fraction of sp³-hybridized carbons (Fsp3) is 0.389. The summed E-state index contributed by atoms with van der Waals surface area (Å²) in [5.74, 6) is 0.119. The van der Waals surface area contributed by atoms with Crippen LogP contribution in [0.25, 0.3) is 11.1 Å². The zero-order valence-electron chi connectivity index (χ0n) is 13.1. The summed E-state index contributed by atoms with van der Waals surface area (Å²) >= 11 is 0. The van der Waals surface area contributed by atoms with Gasteiger partial charge in [-0.05, 0) is 42.5 Å². The number of rotatable bonds is 3. The van der Waals surface area contributed by atoms with Crippen LogP contribution in [0.3, 0.4) is 0 Å². The number of aryl methyl sites for hydroxylation is 1. The third-order valence-corrected chi connectivity index (χ3v) is 3.43. The van der Waals surface area contributed by atoms with Gasteiger partial charge in [0.25, 0.3) is 0 Å². The van der Waals surface area contributed by atoms with Gasteiger partial charge in [-0.3, -0.25) is 0 Å². The van der Waals surface area contributed by atoms with Gasteiger partial charge in [-0.2, -0.15) is 4.39 Å². The average molecular weight is 273 g/mol. The highest BCUT2D eigenvalue weighted by Gasteiger charge is 2.07. The Morgan fingerprint density at radius 1 is 1.15 bits per heavy atom. The molecule has 0 bridgehead atoms. The van der Waals surface area contributed by atoms with E-state index in [9.17, 15) is 4.39 Å². The zero-order valence-corrected chi connectivity index (χ0v) is 13.1. The molecule has 0 amide bonds. The zero-order chi connectivity index (χ0) is 15.1. The van der Waals surface area contributed by atoms with Crippen molar-refractivity contribution in [2.75, 3.05) is 0 Å². The molecule has 1 nitrogen and oxygen atoms in total. The molecule has 1 heterocycles. The lowest BCUT2D eigenvalue weighted by atomic mass is 9.94. The van der Waals surface area contributed by atoms with Crippen LogP contribution in [0.2, 0.25) is 0 Å². The summed E-state index contributed by atoms with van der Waals surface area (Å²) < 4.78 is 13.0. The minimum atomic E-state index is -0.422. The van der Waals surface area contributed by atoms with Crippen molar-refractivity contribution in [3.05, 3.63) is 53.6 Å². The molecule has 0 N–H and O–H groups in total. The molecular weight excluding hydrogens is 249 g/mol. The molecule has 0 saturated heterocycles. The summed E-state index contributed by atoms with van der Waals surface area (Å²) in [5, 5.41) is 0. The van der Waals surface area contributed by atoms with Gasteiger partial charge in [0.15, 0.2) is 0 Å². The lowest BCUT2D eigenvalue weighted by molar-refractivity contribution is 0.580. The van der Waals surface area contributed by atoms with Crippen LogP contribution >= 0.6 is 0 Å². The predicted octanol–water partition coefficient (Wildman–Crippen LogP) is 5.74. The van der Waals surface area contributed by atoms with Crippen LogP contribution in [0.1, 0.15) is 51.3 Å². The van der Waals surface area contributed by atoms with E-state index in [1.165, 1.54) is 11.6 Å². The van der Waals surface area contributed by atoms with Gasteiger partial charge in [0, 0.05) is 11.3 Å². The first-order valence-electron chi connectivity index (χ1n) is 7.35. The van der Waals surface area contributed by atoms with E-state index in [4.69, 9.17) is 0 Å². The molecule has 0 aliphatic carbocycles. The fourth-order valence-corrected chi connectivity index (χ4v) is 2.08. The van der Waals surface area contributed by atoms with Crippen molar-refractivity contribution < 1.29 is 4.39 Å². The number of hydrogen-bond donors (Lipinski definition) is 0. The van der Waals surface area contributed by atoms with E-state index in [2.05, 4.69) is 37.0 Å². The Labute approximate surface area is 121 Å². The van der Waals surface area contributed by atoms with E-state index >= 15 is 0 Å². The molecular formula is C18H24FN. The second-order valence-electron chi connectivity index (χ2n) is 4.70. The maximum absolute atomic E-state index is 13.0. The second-order valence-corrected chi connectivity index (χ2v) is 4.70. The average Bonchev–Trinajstić information content (AvgIpc) is 2.48. The molecule has 0 aliphatic rings. The third-order valence-electron chi connectivity index (χ3n) is 3.43. The number of aromatic nitrogens is 1. The van der Waals surface area contributed by atoms with Crippen LogP contribution < -0.4 is 0 Å². The highest BCUT2D eigenvalue weighted by Crippen LogP contribution is 2.27. The Bertz CT molecular complexity index is 549. The monoisotopic (exact) mass is 273 g/mol. The summed E-state index contributed by atoms with van der Waals surface area (Å²) in [5.41, 5.74) is 4.16. The van der Waals surface area contributed by atoms with Crippen LogP contribution in [-0.2, 0) is 0 Å². The number of hydrogen-bond acceptors (Lipinski definition) is 1. The van der Waals surface area contributed by atoms with Crippen LogP contribution in [0, 0.1) is 12.9 Å². The fourth-order valence-electron chi connectivity index (χ4n) is 2.08. The highest BCUT2D eigenvalue weighted by atomic mass is 19.1. The molecule has 2 rings (SSSR count). The van der Waals surface area contributed by atoms with E-state index in [0.717, 1.165) is 23.2 Å². The molecule has 2 aromatic rings. The Hall–Kier alpha value is -1.70. The molecule has 1 unspecified atom stereocenters. The predicted molar refractivity (Wildman–Crippen MR) is 84.4 cm³/mol. The van der Waals surface area contributed by atoms with Gasteiger partial charge in [0.1, 0.15) is 0 Å². The van der Waals surface area contributed by atoms with E-state index in [-0.39, 0.29) is 0 Å². The number of nitrogens with zero attached hydrogens (tertiary/aromatic N) is 1. The summed E-state index contributed by atoms with van der Waals surface area (Å²) in [7, 11) is 0. The molecule has 20 heavy (non-hydrogen) atoms. The molecule has 1 atom stereocenters. The van der Waals surface area contributed by atoms with Gasteiger partial charge in [0.2, 0.25) is 5.95 Å². The van der Waals surface area contributed by atoms with Gasteiger partial charge < -0.3 is 0 Å². The van der Waals surface area contributed by atoms with Gasteiger partial charge in [0.05, 0.1) is 0 Å². The Kier molecular flexibility index (Phi) is 6.37. The number of pyridine rings is 1. The van der Waals surface area contributed by atoms with E-state index in [0.29, 0.717) is 5.92 Å². The van der Waals surface area contributed by atoms with Crippen LogP contribution in [0.4, 0.5) is 4.39 Å². The first-order chi connectivity index (χ1) is 9.61. The minimum absolute atomic E-state index is 0.422. The first-order valence-corrected chi connectivity index (χ1v) is 7.35. The Morgan fingerprint density at radius 3 is 2.45 bits per heavy atom. The molecule has 0 fully saturated rings. The van der Waals surface area contributed by atoms with Crippen LogP contribution in [0.5, 0.6) is 0 Å². The van der Waals surface area contributed by atoms with Crippen molar-refractivity contribution >= 4 is 0 Å². The van der Waals surface area contributed by atoms with Crippen molar-refractivity contribution in [3.8, 4) is 11.1 Å². The molecule has 0 saturated carbocycles. The maximum Gasteiger partial charge on any atom is 0.213 e. The van der Waals surface area contributed by atoms with Crippen molar-refractivity contribution in [1.82, 2.24) is 4.98 Å². The lowest BCUT2D eigenvalue weighted by Gasteiger charge is -2.12. The molecule has 108 valence electrons. The molecule has 0 radical (unpaired) electrons. The number of halogens is 1. The van der Waals surface area contributed by atoms with Gasteiger partial charge in [-0.25, -0.2) is 4.98 Å². The minimum Gasteiger partial charge on any atom is -0.224 e. The second kappa shape index (κ2) is 7.78. The van der Waals surface area contributed by atoms with Crippen molar-refractivity contribution in [1.29, 1.82) is 0 Å². The Morgan fingerprint density at radius 2 is 1.85 bits per heavy atom. The maximum atomic E-state index is 13.0. The van der Waals surface area contributed by atoms with Gasteiger partial charge in [-0.15, -0.1) is 0 Å².